The van der Waals surface area contributed by atoms with Gasteiger partial charge in [0.1, 0.15) is 10.6 Å². The Kier molecular flexibility index (Phi) is 5.88. The van der Waals surface area contributed by atoms with E-state index in [9.17, 15) is 9.59 Å². The molecular formula is C19H16BrN3O3S. The number of halogens is 1. The highest BCUT2D eigenvalue weighted by atomic mass is 79.9. The molecule has 1 heterocycles. The van der Waals surface area contributed by atoms with E-state index >= 15 is 0 Å². The number of hydrogen-bond acceptors (Lipinski definition) is 5. The van der Waals surface area contributed by atoms with Gasteiger partial charge in [-0.15, -0.1) is 0 Å². The molecular weight excluding hydrogens is 430 g/mol. The van der Waals surface area contributed by atoms with E-state index in [0.717, 1.165) is 15.8 Å². The molecule has 2 aromatic carbocycles. The van der Waals surface area contributed by atoms with Gasteiger partial charge in [0, 0.05) is 15.7 Å². The van der Waals surface area contributed by atoms with Crippen LogP contribution in [0.15, 0.2) is 53.0 Å². The normalized spacial score (nSPS) is 10.3. The lowest BCUT2D eigenvalue weighted by atomic mass is 10.2. The molecule has 0 saturated heterocycles. The Labute approximate surface area is 168 Å². The van der Waals surface area contributed by atoms with Crippen molar-refractivity contribution in [3.8, 4) is 5.75 Å². The average Bonchev–Trinajstić information content (AvgIpc) is 3.04. The maximum absolute atomic E-state index is 12.5. The number of rotatable bonds is 5. The van der Waals surface area contributed by atoms with Crippen molar-refractivity contribution in [1.82, 2.24) is 4.98 Å². The van der Waals surface area contributed by atoms with E-state index in [2.05, 4.69) is 31.5 Å². The van der Waals surface area contributed by atoms with Crippen LogP contribution in [0.5, 0.6) is 5.75 Å². The SMILES string of the molecule is COc1cccc(C(=O)Nc2nc(C)c(C(=O)Nc3ccc(Br)cc3)s2)c1. The highest BCUT2D eigenvalue weighted by molar-refractivity contribution is 9.10. The van der Waals surface area contributed by atoms with Crippen LogP contribution in [0.2, 0.25) is 0 Å². The van der Waals surface area contributed by atoms with Crippen molar-refractivity contribution in [2.24, 2.45) is 0 Å². The molecule has 0 aliphatic carbocycles. The third kappa shape index (κ3) is 4.72. The number of anilines is 2. The number of carbonyl (C=O) groups is 2. The van der Waals surface area contributed by atoms with Gasteiger partial charge in [-0.05, 0) is 49.4 Å². The molecule has 0 unspecified atom stereocenters. The van der Waals surface area contributed by atoms with Crippen molar-refractivity contribution in [2.75, 3.05) is 17.7 Å². The van der Waals surface area contributed by atoms with Crippen LogP contribution < -0.4 is 15.4 Å². The number of aryl methyl sites for hydroxylation is 1. The molecule has 0 radical (unpaired) electrons. The minimum absolute atomic E-state index is 0.269. The van der Waals surface area contributed by atoms with E-state index < -0.39 is 0 Å². The summed E-state index contributed by atoms with van der Waals surface area (Å²) in [5.41, 5.74) is 1.68. The van der Waals surface area contributed by atoms with Gasteiger partial charge in [-0.2, -0.15) is 0 Å². The number of methoxy groups -OCH3 is 1. The van der Waals surface area contributed by atoms with Gasteiger partial charge in [0.25, 0.3) is 11.8 Å². The third-order valence-electron chi connectivity index (χ3n) is 3.66. The fourth-order valence-electron chi connectivity index (χ4n) is 2.32. The smallest absolute Gasteiger partial charge is 0.267 e. The standard InChI is InChI=1S/C19H16BrN3O3S/c1-11-16(18(25)22-14-8-6-13(20)7-9-14)27-19(21-11)23-17(24)12-4-3-5-15(10-12)26-2/h3-10H,1-2H3,(H,22,25)(H,21,23,24). The van der Waals surface area contributed by atoms with Gasteiger partial charge in [0.05, 0.1) is 12.8 Å². The van der Waals surface area contributed by atoms with Gasteiger partial charge in [-0.1, -0.05) is 33.3 Å². The summed E-state index contributed by atoms with van der Waals surface area (Å²) in [6, 6.07) is 14.1. The fraction of sp³-hybridized carbons (Fsp3) is 0.105. The highest BCUT2D eigenvalue weighted by Gasteiger charge is 2.17. The summed E-state index contributed by atoms with van der Waals surface area (Å²) < 4.78 is 6.05. The Morgan fingerprint density at radius 3 is 2.52 bits per heavy atom. The predicted molar refractivity (Wildman–Crippen MR) is 110 cm³/mol. The lowest BCUT2D eigenvalue weighted by Crippen LogP contribution is -2.11. The molecule has 0 bridgehead atoms. The molecule has 0 spiro atoms. The quantitative estimate of drug-likeness (QED) is 0.594. The van der Waals surface area contributed by atoms with Crippen LogP contribution in [0.3, 0.4) is 0 Å². The van der Waals surface area contributed by atoms with E-state index in [1.807, 2.05) is 12.1 Å². The zero-order valence-electron chi connectivity index (χ0n) is 14.6. The minimum atomic E-state index is -0.317. The molecule has 8 heteroatoms. The van der Waals surface area contributed by atoms with E-state index in [1.165, 1.54) is 7.11 Å². The van der Waals surface area contributed by atoms with Crippen LogP contribution in [0.25, 0.3) is 0 Å². The molecule has 3 rings (SSSR count). The number of ether oxygens (including phenoxy) is 1. The van der Waals surface area contributed by atoms with E-state index in [1.54, 1.807) is 43.3 Å². The number of thiazole rings is 1. The van der Waals surface area contributed by atoms with Gasteiger partial charge in [-0.25, -0.2) is 4.98 Å². The number of carbonyl (C=O) groups excluding carboxylic acids is 2. The lowest BCUT2D eigenvalue weighted by molar-refractivity contribution is 0.102. The Morgan fingerprint density at radius 1 is 1.07 bits per heavy atom. The van der Waals surface area contributed by atoms with Gasteiger partial charge in [0.2, 0.25) is 0 Å². The second-order valence-corrected chi connectivity index (χ2v) is 7.50. The first kappa shape index (κ1) is 19.1. The molecule has 2 amide bonds. The molecule has 3 aromatic rings. The van der Waals surface area contributed by atoms with Crippen molar-refractivity contribution in [1.29, 1.82) is 0 Å². The zero-order valence-corrected chi connectivity index (χ0v) is 17.0. The molecule has 6 nitrogen and oxygen atoms in total. The number of nitrogens with one attached hydrogen (secondary N) is 2. The monoisotopic (exact) mass is 445 g/mol. The van der Waals surface area contributed by atoms with Gasteiger partial charge in [-0.3, -0.25) is 14.9 Å². The third-order valence-corrected chi connectivity index (χ3v) is 5.26. The minimum Gasteiger partial charge on any atom is -0.497 e. The molecule has 0 aliphatic rings. The number of amides is 2. The first-order valence-corrected chi connectivity index (χ1v) is 9.57. The first-order chi connectivity index (χ1) is 13.0. The number of benzene rings is 2. The Balaban J connectivity index is 1.72. The van der Waals surface area contributed by atoms with Gasteiger partial charge >= 0.3 is 0 Å². The lowest BCUT2D eigenvalue weighted by Gasteiger charge is -2.04. The first-order valence-electron chi connectivity index (χ1n) is 7.96. The summed E-state index contributed by atoms with van der Waals surface area (Å²) in [7, 11) is 1.54. The molecule has 0 fully saturated rings. The summed E-state index contributed by atoms with van der Waals surface area (Å²) in [5, 5.41) is 5.91. The number of aromatic nitrogens is 1. The molecule has 0 saturated carbocycles. The Bertz CT molecular complexity index is 986. The highest BCUT2D eigenvalue weighted by Crippen LogP contribution is 2.25. The van der Waals surface area contributed by atoms with E-state index in [4.69, 9.17) is 4.74 Å². The summed E-state index contributed by atoms with van der Waals surface area (Å²) >= 11 is 4.48. The van der Waals surface area contributed by atoms with E-state index in [0.29, 0.717) is 32.7 Å². The molecule has 138 valence electrons. The number of hydrogen-bond donors (Lipinski definition) is 2. The largest absolute Gasteiger partial charge is 0.497 e. The van der Waals surface area contributed by atoms with Crippen LogP contribution in [-0.4, -0.2) is 23.9 Å². The predicted octanol–water partition coefficient (Wildman–Crippen LogP) is 4.73. The zero-order chi connectivity index (χ0) is 19.4. The van der Waals surface area contributed by atoms with Crippen molar-refractivity contribution in [3.05, 3.63) is 69.1 Å². The maximum Gasteiger partial charge on any atom is 0.267 e. The van der Waals surface area contributed by atoms with Crippen LogP contribution in [0, 0.1) is 6.92 Å². The maximum atomic E-state index is 12.5. The molecule has 0 aliphatic heterocycles. The van der Waals surface area contributed by atoms with Crippen LogP contribution in [0.4, 0.5) is 10.8 Å². The summed E-state index contributed by atoms with van der Waals surface area (Å²) in [6.07, 6.45) is 0. The summed E-state index contributed by atoms with van der Waals surface area (Å²) in [4.78, 5) is 29.6. The topological polar surface area (TPSA) is 80.3 Å². The Morgan fingerprint density at radius 2 is 1.81 bits per heavy atom. The van der Waals surface area contributed by atoms with Crippen molar-refractivity contribution in [2.45, 2.75) is 6.92 Å². The summed E-state index contributed by atoms with van der Waals surface area (Å²) in [6.45, 7) is 1.73. The molecule has 27 heavy (non-hydrogen) atoms. The van der Waals surface area contributed by atoms with E-state index in [-0.39, 0.29) is 11.8 Å². The number of nitrogens with zero attached hydrogens (tertiary/aromatic N) is 1. The molecule has 0 atom stereocenters. The van der Waals surface area contributed by atoms with Crippen LogP contribution >= 0.6 is 27.3 Å². The molecule has 2 N–H and O–H groups in total. The second kappa shape index (κ2) is 8.32. The van der Waals surface area contributed by atoms with Crippen molar-refractivity contribution in [3.63, 3.8) is 0 Å². The second-order valence-electron chi connectivity index (χ2n) is 5.58. The van der Waals surface area contributed by atoms with Crippen LogP contribution in [-0.2, 0) is 0 Å². The average molecular weight is 446 g/mol. The van der Waals surface area contributed by atoms with Crippen LogP contribution in [0.1, 0.15) is 25.7 Å². The summed E-state index contributed by atoms with van der Waals surface area (Å²) in [5.74, 6) is 0.00394. The molecule has 1 aromatic heterocycles. The fourth-order valence-corrected chi connectivity index (χ4v) is 3.44. The Hall–Kier alpha value is -2.71. The van der Waals surface area contributed by atoms with Crippen molar-refractivity contribution < 1.29 is 14.3 Å². The van der Waals surface area contributed by atoms with Gasteiger partial charge in [0.15, 0.2) is 5.13 Å². The van der Waals surface area contributed by atoms with Gasteiger partial charge < -0.3 is 10.1 Å². The van der Waals surface area contributed by atoms with Crippen molar-refractivity contribution >= 4 is 49.9 Å².